The Morgan fingerprint density at radius 3 is 2.22 bits per heavy atom. The first-order valence-electron chi connectivity index (χ1n) is 11.6. The number of amidine groups is 1. The number of nitrogens with zero attached hydrogens (tertiary/aromatic N) is 2. The lowest BCUT2D eigenvalue weighted by Gasteiger charge is -2.19. The molecule has 4 aromatic carbocycles. The van der Waals surface area contributed by atoms with E-state index in [4.69, 9.17) is 4.74 Å². The topological polar surface area (TPSA) is 91.2 Å². The third-order valence-electron chi connectivity index (χ3n) is 5.82. The van der Waals surface area contributed by atoms with E-state index < -0.39 is 0 Å². The van der Waals surface area contributed by atoms with Gasteiger partial charge in [0, 0.05) is 16.8 Å². The summed E-state index contributed by atoms with van der Waals surface area (Å²) >= 11 is 0. The number of aromatic hydroxyl groups is 1. The number of rotatable bonds is 6. The summed E-state index contributed by atoms with van der Waals surface area (Å²) in [5.74, 6) is 0.779. The lowest BCUT2D eigenvalue weighted by Crippen LogP contribution is -2.32. The monoisotopic (exact) mass is 489 g/mol. The van der Waals surface area contributed by atoms with Gasteiger partial charge < -0.3 is 15.2 Å². The molecule has 0 unspecified atom stereocenters. The number of carbonyl (C=O) groups excluding carboxylic acids is 2. The smallest absolute Gasteiger partial charge is 0.282 e. The highest BCUT2D eigenvalue weighted by molar-refractivity contribution is 6.33. The van der Waals surface area contributed by atoms with Crippen molar-refractivity contribution in [2.45, 2.75) is 0 Å². The van der Waals surface area contributed by atoms with Crippen molar-refractivity contribution < 1.29 is 19.4 Å². The van der Waals surface area contributed by atoms with Gasteiger partial charge in [0.05, 0.1) is 12.8 Å². The Morgan fingerprint density at radius 1 is 0.892 bits per heavy atom. The maximum Gasteiger partial charge on any atom is 0.282 e. The number of anilines is 2. The third kappa shape index (κ3) is 5.11. The molecule has 1 aliphatic heterocycles. The molecule has 0 aliphatic carbocycles. The van der Waals surface area contributed by atoms with Crippen LogP contribution >= 0.6 is 0 Å². The van der Waals surface area contributed by atoms with Crippen molar-refractivity contribution in [3.8, 4) is 11.5 Å². The summed E-state index contributed by atoms with van der Waals surface area (Å²) < 4.78 is 5.15. The largest absolute Gasteiger partial charge is 0.508 e. The van der Waals surface area contributed by atoms with E-state index in [1.807, 2.05) is 30.3 Å². The fraction of sp³-hybridized carbons (Fsp3) is 0.0333. The van der Waals surface area contributed by atoms with Crippen LogP contribution in [0.4, 0.5) is 11.4 Å². The number of carbonyl (C=O) groups is 2. The van der Waals surface area contributed by atoms with Gasteiger partial charge in [0.2, 0.25) is 0 Å². The van der Waals surface area contributed by atoms with Gasteiger partial charge >= 0.3 is 0 Å². The predicted octanol–water partition coefficient (Wildman–Crippen LogP) is 5.49. The van der Waals surface area contributed by atoms with Crippen LogP contribution in [0.2, 0.25) is 0 Å². The number of hydrogen-bond donors (Lipinski definition) is 2. The number of methoxy groups -OCH3 is 1. The molecular weight excluding hydrogens is 466 g/mol. The number of hydrogen-bond acceptors (Lipinski definition) is 5. The Balaban J connectivity index is 1.42. The Bertz CT molecular complexity index is 1490. The predicted molar refractivity (Wildman–Crippen MR) is 144 cm³/mol. The van der Waals surface area contributed by atoms with Crippen molar-refractivity contribution >= 4 is 35.1 Å². The summed E-state index contributed by atoms with van der Waals surface area (Å²) in [6.45, 7) is 0. The number of amides is 2. The number of ether oxygens (including phenoxy) is 1. The summed E-state index contributed by atoms with van der Waals surface area (Å²) in [6.07, 6.45) is 1.68. The van der Waals surface area contributed by atoms with Crippen molar-refractivity contribution in [2.75, 3.05) is 17.3 Å². The minimum Gasteiger partial charge on any atom is -0.508 e. The maximum atomic E-state index is 13.5. The normalized spacial score (nSPS) is 14.0. The molecule has 182 valence electrons. The maximum absolute atomic E-state index is 13.5. The van der Waals surface area contributed by atoms with Crippen molar-refractivity contribution in [1.29, 1.82) is 0 Å². The minimum absolute atomic E-state index is 0.145. The zero-order chi connectivity index (χ0) is 25.8. The highest BCUT2D eigenvalue weighted by atomic mass is 16.5. The number of phenolic OH excluding ortho intramolecular Hbond substituents is 1. The molecule has 0 radical (unpaired) electrons. The molecule has 37 heavy (non-hydrogen) atoms. The zero-order valence-electron chi connectivity index (χ0n) is 20.0. The molecule has 0 saturated heterocycles. The van der Waals surface area contributed by atoms with Crippen LogP contribution in [0.1, 0.15) is 21.5 Å². The SMILES string of the molecule is COc1ccc(NC(=O)c2ccc(N3C(=O)/C(=C/c4ccc(O)cc4)N=C3c3ccccc3)cc2)cc1. The van der Waals surface area contributed by atoms with E-state index in [9.17, 15) is 14.7 Å². The molecule has 2 N–H and O–H groups in total. The molecule has 2 amide bonds. The van der Waals surface area contributed by atoms with Gasteiger partial charge in [-0.1, -0.05) is 42.5 Å². The third-order valence-corrected chi connectivity index (χ3v) is 5.82. The van der Waals surface area contributed by atoms with Gasteiger partial charge in [0.25, 0.3) is 11.8 Å². The first kappa shape index (κ1) is 23.6. The van der Waals surface area contributed by atoms with E-state index >= 15 is 0 Å². The second-order valence-corrected chi connectivity index (χ2v) is 8.29. The van der Waals surface area contributed by atoms with Gasteiger partial charge in [-0.2, -0.15) is 0 Å². The van der Waals surface area contributed by atoms with Crippen LogP contribution < -0.4 is 15.0 Å². The second-order valence-electron chi connectivity index (χ2n) is 8.29. The van der Waals surface area contributed by atoms with Crippen molar-refractivity contribution in [3.63, 3.8) is 0 Å². The summed E-state index contributed by atoms with van der Waals surface area (Å²) in [5.41, 5.74) is 3.47. The van der Waals surface area contributed by atoms with Gasteiger partial charge in [0.15, 0.2) is 0 Å². The lowest BCUT2D eigenvalue weighted by molar-refractivity contribution is -0.113. The zero-order valence-corrected chi connectivity index (χ0v) is 20.0. The van der Waals surface area contributed by atoms with E-state index in [1.165, 1.54) is 4.90 Å². The van der Waals surface area contributed by atoms with Gasteiger partial charge in [-0.3, -0.25) is 14.5 Å². The molecule has 1 heterocycles. The van der Waals surface area contributed by atoms with Gasteiger partial charge in [-0.15, -0.1) is 0 Å². The molecule has 4 aromatic rings. The van der Waals surface area contributed by atoms with Crippen LogP contribution in [0.15, 0.2) is 114 Å². The van der Waals surface area contributed by atoms with Crippen LogP contribution in [-0.4, -0.2) is 29.9 Å². The summed E-state index contributed by atoms with van der Waals surface area (Å²) in [6, 6.07) is 29.8. The molecule has 0 spiro atoms. The van der Waals surface area contributed by atoms with E-state index in [-0.39, 0.29) is 23.3 Å². The van der Waals surface area contributed by atoms with E-state index in [0.717, 1.165) is 11.1 Å². The Hall–Kier alpha value is -5.17. The van der Waals surface area contributed by atoms with Crippen molar-refractivity contribution in [3.05, 3.63) is 126 Å². The number of nitrogens with one attached hydrogen (secondary N) is 1. The molecule has 0 aromatic heterocycles. The van der Waals surface area contributed by atoms with E-state index in [0.29, 0.717) is 28.5 Å². The Kier molecular flexibility index (Phi) is 6.50. The molecule has 5 rings (SSSR count). The van der Waals surface area contributed by atoms with Crippen LogP contribution in [0.3, 0.4) is 0 Å². The molecule has 0 fully saturated rings. The summed E-state index contributed by atoms with van der Waals surface area (Å²) in [5, 5.41) is 12.4. The number of benzene rings is 4. The fourth-order valence-corrected chi connectivity index (χ4v) is 3.90. The first-order chi connectivity index (χ1) is 18.0. The van der Waals surface area contributed by atoms with E-state index in [2.05, 4.69) is 10.3 Å². The standard InChI is InChI=1S/C30H23N3O4/c1-37-26-17-11-23(12-18-26)31-29(35)22-9-13-24(14-10-22)33-28(21-5-3-2-4-6-21)32-27(30(33)36)19-20-7-15-25(34)16-8-20/h2-19,34H,1H3,(H,31,35)/b27-19-. The second kappa shape index (κ2) is 10.2. The molecule has 0 atom stereocenters. The van der Waals surface area contributed by atoms with Gasteiger partial charge in [-0.05, 0) is 72.3 Å². The Labute approximate surface area is 214 Å². The van der Waals surface area contributed by atoms with Gasteiger partial charge in [0.1, 0.15) is 23.0 Å². The highest BCUT2D eigenvalue weighted by Gasteiger charge is 2.32. The van der Waals surface area contributed by atoms with Crippen LogP contribution in [0.5, 0.6) is 11.5 Å². The van der Waals surface area contributed by atoms with Gasteiger partial charge in [-0.25, -0.2) is 4.99 Å². The quantitative estimate of drug-likeness (QED) is 0.351. The number of aliphatic imine (C=N–C) groups is 1. The van der Waals surface area contributed by atoms with E-state index in [1.54, 1.807) is 86.0 Å². The minimum atomic E-state index is -0.289. The molecule has 0 bridgehead atoms. The molecule has 7 heteroatoms. The van der Waals surface area contributed by atoms with Crippen LogP contribution in [0, 0.1) is 0 Å². The summed E-state index contributed by atoms with van der Waals surface area (Å²) in [4.78, 5) is 32.4. The highest BCUT2D eigenvalue weighted by Crippen LogP contribution is 2.28. The van der Waals surface area contributed by atoms with Crippen LogP contribution in [-0.2, 0) is 4.79 Å². The van der Waals surface area contributed by atoms with Crippen molar-refractivity contribution in [2.24, 2.45) is 4.99 Å². The average Bonchev–Trinajstić information content (AvgIpc) is 3.26. The van der Waals surface area contributed by atoms with Crippen LogP contribution in [0.25, 0.3) is 6.08 Å². The molecule has 1 aliphatic rings. The molecule has 0 saturated carbocycles. The number of phenols is 1. The fourth-order valence-electron chi connectivity index (χ4n) is 3.90. The van der Waals surface area contributed by atoms with Crippen molar-refractivity contribution in [1.82, 2.24) is 0 Å². The summed E-state index contributed by atoms with van der Waals surface area (Å²) in [7, 11) is 1.58. The Morgan fingerprint density at radius 2 is 1.57 bits per heavy atom. The molecule has 7 nitrogen and oxygen atoms in total. The first-order valence-corrected chi connectivity index (χ1v) is 11.6. The molecular formula is C30H23N3O4. The lowest BCUT2D eigenvalue weighted by atomic mass is 10.1. The average molecular weight is 490 g/mol.